The lowest BCUT2D eigenvalue weighted by atomic mass is 10.1. The molecule has 0 saturated carbocycles. The van der Waals surface area contributed by atoms with E-state index in [1.165, 1.54) is 16.4 Å². The number of sulfonamides is 1. The van der Waals surface area contributed by atoms with Crippen molar-refractivity contribution >= 4 is 21.6 Å². The van der Waals surface area contributed by atoms with E-state index in [9.17, 15) is 26.4 Å². The molecule has 28 heavy (non-hydrogen) atoms. The van der Waals surface area contributed by atoms with Crippen LogP contribution in [0.15, 0.2) is 41.3 Å². The molecule has 1 aliphatic heterocycles. The number of hydrogen-bond donors (Lipinski definition) is 1. The van der Waals surface area contributed by atoms with E-state index in [4.69, 9.17) is 0 Å². The molecule has 0 bridgehead atoms. The highest BCUT2D eigenvalue weighted by molar-refractivity contribution is 7.89. The zero-order valence-corrected chi connectivity index (χ0v) is 15.7. The van der Waals surface area contributed by atoms with Crippen molar-refractivity contribution in [3.05, 3.63) is 59.4 Å². The molecule has 1 N–H and O–H groups in total. The van der Waals surface area contributed by atoms with Gasteiger partial charge in [0.2, 0.25) is 15.9 Å². The number of amides is 1. The van der Waals surface area contributed by atoms with E-state index in [1.54, 1.807) is 12.1 Å². The van der Waals surface area contributed by atoms with Crippen molar-refractivity contribution in [2.45, 2.75) is 30.6 Å². The van der Waals surface area contributed by atoms with Gasteiger partial charge in [-0.15, -0.1) is 0 Å². The lowest BCUT2D eigenvalue weighted by Gasteiger charge is -2.15. The Morgan fingerprint density at radius 3 is 2.25 bits per heavy atom. The lowest BCUT2D eigenvalue weighted by molar-refractivity contribution is -0.116. The molecule has 1 heterocycles. The van der Waals surface area contributed by atoms with Gasteiger partial charge in [0.15, 0.2) is 17.5 Å². The number of benzene rings is 2. The second kappa shape index (κ2) is 8.32. The maximum absolute atomic E-state index is 13.6. The van der Waals surface area contributed by atoms with Gasteiger partial charge < -0.3 is 5.32 Å². The average Bonchev–Trinajstić information content (AvgIpc) is 3.23. The van der Waals surface area contributed by atoms with Crippen LogP contribution in [0.1, 0.15) is 24.8 Å². The Balaban J connectivity index is 1.59. The Morgan fingerprint density at radius 1 is 0.964 bits per heavy atom. The van der Waals surface area contributed by atoms with Gasteiger partial charge >= 0.3 is 0 Å². The molecule has 0 radical (unpaired) electrons. The number of anilines is 1. The quantitative estimate of drug-likeness (QED) is 0.739. The molecule has 0 aliphatic carbocycles. The van der Waals surface area contributed by atoms with Gasteiger partial charge in [-0.25, -0.2) is 21.6 Å². The van der Waals surface area contributed by atoms with E-state index in [-0.39, 0.29) is 17.7 Å². The molecule has 0 unspecified atom stereocenters. The van der Waals surface area contributed by atoms with Crippen molar-refractivity contribution < 1.29 is 26.4 Å². The van der Waals surface area contributed by atoms with Crippen LogP contribution in [0.3, 0.4) is 0 Å². The Morgan fingerprint density at radius 2 is 1.61 bits per heavy atom. The maximum atomic E-state index is 13.6. The van der Waals surface area contributed by atoms with Crippen LogP contribution in [0.5, 0.6) is 0 Å². The van der Waals surface area contributed by atoms with Gasteiger partial charge in [0.1, 0.15) is 0 Å². The van der Waals surface area contributed by atoms with Gasteiger partial charge in [-0.05, 0) is 49.1 Å². The lowest BCUT2D eigenvalue weighted by Crippen LogP contribution is -2.27. The van der Waals surface area contributed by atoms with E-state index in [2.05, 4.69) is 5.32 Å². The zero-order valence-electron chi connectivity index (χ0n) is 14.9. The first-order valence-electron chi connectivity index (χ1n) is 8.81. The molecule has 1 saturated heterocycles. The molecule has 0 aromatic heterocycles. The second-order valence-electron chi connectivity index (χ2n) is 6.53. The number of carbonyl (C=O) groups excluding carboxylic acids is 1. The maximum Gasteiger partial charge on any atom is 0.243 e. The molecule has 9 heteroatoms. The third kappa shape index (κ3) is 4.36. The van der Waals surface area contributed by atoms with Crippen molar-refractivity contribution in [3.63, 3.8) is 0 Å². The topological polar surface area (TPSA) is 66.5 Å². The standard InChI is InChI=1S/C19H19F3N2O3S/c20-15-8-9-16(19(22)18(15)21)23-17(25)10-5-13-3-6-14(7-4-13)28(26,27)24-11-1-2-12-24/h3-4,6-9H,1-2,5,10-12H2,(H,23,25). The van der Waals surface area contributed by atoms with Crippen LogP contribution in [0, 0.1) is 17.5 Å². The molecule has 3 rings (SSSR count). The monoisotopic (exact) mass is 412 g/mol. The minimum atomic E-state index is -3.49. The van der Waals surface area contributed by atoms with Crippen LogP contribution < -0.4 is 5.32 Å². The number of nitrogens with zero attached hydrogens (tertiary/aromatic N) is 1. The first-order valence-corrected chi connectivity index (χ1v) is 10.3. The average molecular weight is 412 g/mol. The summed E-state index contributed by atoms with van der Waals surface area (Å²) in [4.78, 5) is 12.1. The predicted octanol–water partition coefficient (Wildman–Crippen LogP) is 3.46. The van der Waals surface area contributed by atoms with Gasteiger partial charge in [0, 0.05) is 19.5 Å². The van der Waals surface area contributed by atoms with Crippen LogP contribution in [-0.4, -0.2) is 31.7 Å². The minimum absolute atomic E-state index is 0.0311. The molecule has 1 fully saturated rings. The number of hydrogen-bond acceptors (Lipinski definition) is 3. The molecular weight excluding hydrogens is 393 g/mol. The summed E-state index contributed by atoms with van der Waals surface area (Å²) in [5.41, 5.74) is 0.289. The van der Waals surface area contributed by atoms with Crippen LogP contribution in [0.4, 0.5) is 18.9 Å². The summed E-state index contributed by atoms with van der Waals surface area (Å²) in [6.45, 7) is 1.04. The first kappa shape index (κ1) is 20.3. The highest BCUT2D eigenvalue weighted by atomic mass is 32.2. The fraction of sp³-hybridized carbons (Fsp3) is 0.316. The summed E-state index contributed by atoms with van der Waals surface area (Å²) >= 11 is 0. The predicted molar refractivity (Wildman–Crippen MR) is 97.7 cm³/mol. The molecular formula is C19H19F3N2O3S. The smallest absolute Gasteiger partial charge is 0.243 e. The second-order valence-corrected chi connectivity index (χ2v) is 8.46. The normalized spacial score (nSPS) is 15.0. The van der Waals surface area contributed by atoms with Crippen LogP contribution >= 0.6 is 0 Å². The highest BCUT2D eigenvalue weighted by Gasteiger charge is 2.26. The number of rotatable bonds is 6. The Bertz CT molecular complexity index is 973. The van der Waals surface area contributed by atoms with Gasteiger partial charge in [0.05, 0.1) is 10.6 Å². The molecule has 150 valence electrons. The van der Waals surface area contributed by atoms with Crippen molar-refractivity contribution in [2.24, 2.45) is 0 Å². The molecule has 5 nitrogen and oxygen atoms in total. The van der Waals surface area contributed by atoms with Crippen LogP contribution in [-0.2, 0) is 21.2 Å². The van der Waals surface area contributed by atoms with Crippen molar-refractivity contribution in [2.75, 3.05) is 18.4 Å². The third-order valence-corrected chi connectivity index (χ3v) is 6.49. The summed E-state index contributed by atoms with van der Waals surface area (Å²) in [7, 11) is -3.49. The Kier molecular flexibility index (Phi) is 6.04. The summed E-state index contributed by atoms with van der Waals surface area (Å²) in [6.07, 6.45) is 1.95. The van der Waals surface area contributed by atoms with E-state index in [1.807, 2.05) is 0 Å². The summed E-state index contributed by atoms with van der Waals surface area (Å²) in [5.74, 6) is -5.00. The molecule has 1 amide bonds. The largest absolute Gasteiger partial charge is 0.323 e. The van der Waals surface area contributed by atoms with Crippen LogP contribution in [0.25, 0.3) is 0 Å². The van der Waals surface area contributed by atoms with Gasteiger partial charge in [-0.2, -0.15) is 4.31 Å². The molecule has 0 atom stereocenters. The Labute approximate surface area is 161 Å². The van der Waals surface area contributed by atoms with Crippen LogP contribution in [0.2, 0.25) is 0 Å². The Hall–Kier alpha value is -2.39. The van der Waals surface area contributed by atoms with E-state index in [0.717, 1.165) is 30.5 Å². The summed E-state index contributed by atoms with van der Waals surface area (Å²) < 4.78 is 66.1. The fourth-order valence-corrected chi connectivity index (χ4v) is 4.52. The number of nitrogens with one attached hydrogen (secondary N) is 1. The highest BCUT2D eigenvalue weighted by Crippen LogP contribution is 2.22. The van der Waals surface area contributed by atoms with E-state index >= 15 is 0 Å². The van der Waals surface area contributed by atoms with Gasteiger partial charge in [-0.1, -0.05) is 12.1 Å². The fourth-order valence-electron chi connectivity index (χ4n) is 3.00. The van der Waals surface area contributed by atoms with Crippen molar-refractivity contribution in [3.8, 4) is 0 Å². The SMILES string of the molecule is O=C(CCc1ccc(S(=O)(=O)N2CCCC2)cc1)Nc1ccc(F)c(F)c1F. The number of carbonyl (C=O) groups is 1. The van der Waals surface area contributed by atoms with Crippen molar-refractivity contribution in [1.29, 1.82) is 0 Å². The molecule has 2 aromatic carbocycles. The summed E-state index contributed by atoms with van der Waals surface area (Å²) in [6, 6.07) is 7.91. The molecule has 2 aromatic rings. The minimum Gasteiger partial charge on any atom is -0.323 e. The first-order chi connectivity index (χ1) is 13.3. The number of aryl methyl sites for hydroxylation is 1. The summed E-state index contributed by atoms with van der Waals surface area (Å²) in [5, 5.41) is 2.20. The van der Waals surface area contributed by atoms with E-state index in [0.29, 0.717) is 13.1 Å². The molecule has 0 spiro atoms. The number of halogens is 3. The molecule has 1 aliphatic rings. The van der Waals surface area contributed by atoms with Gasteiger partial charge in [-0.3, -0.25) is 4.79 Å². The van der Waals surface area contributed by atoms with E-state index < -0.39 is 39.1 Å². The third-order valence-electron chi connectivity index (χ3n) is 4.58. The zero-order chi connectivity index (χ0) is 20.3. The van der Waals surface area contributed by atoms with Gasteiger partial charge in [0.25, 0.3) is 0 Å². The van der Waals surface area contributed by atoms with Crippen molar-refractivity contribution in [1.82, 2.24) is 4.31 Å².